The molecule has 2 N–H and O–H groups in total. The molecule has 1 aromatic heterocycles. The van der Waals surface area contributed by atoms with Crippen LogP contribution in [0.3, 0.4) is 0 Å². The van der Waals surface area contributed by atoms with Crippen LogP contribution in [0.5, 0.6) is 5.75 Å². The average molecular weight is 272 g/mol. The molecular weight excluding hydrogens is 252 g/mol. The topological polar surface area (TPSA) is 57.4 Å². The molecule has 0 saturated carbocycles. The molecule has 2 unspecified atom stereocenters. The largest absolute Gasteiger partial charge is 0.484 e. The summed E-state index contributed by atoms with van der Waals surface area (Å²) in [7, 11) is 1.68. The molecule has 1 aromatic carbocycles. The van der Waals surface area contributed by atoms with Gasteiger partial charge in [-0.25, -0.2) is 0 Å². The summed E-state index contributed by atoms with van der Waals surface area (Å²) in [6, 6.07) is 11.6. The smallest absolute Gasteiger partial charge is 0.139 e. The van der Waals surface area contributed by atoms with E-state index in [0.29, 0.717) is 6.61 Å². The van der Waals surface area contributed by atoms with Crippen LogP contribution in [0.15, 0.2) is 48.8 Å². The molecule has 0 aliphatic carbocycles. The van der Waals surface area contributed by atoms with Crippen LogP contribution in [0, 0.1) is 0 Å². The molecule has 0 radical (unpaired) electrons. The lowest BCUT2D eigenvalue weighted by Gasteiger charge is -2.23. The highest BCUT2D eigenvalue weighted by Gasteiger charge is 2.18. The summed E-state index contributed by atoms with van der Waals surface area (Å²) in [6.45, 7) is 2.50. The van der Waals surface area contributed by atoms with Crippen LogP contribution < -0.4 is 10.5 Å². The van der Waals surface area contributed by atoms with Crippen LogP contribution in [-0.2, 0) is 11.3 Å². The molecule has 1 heterocycles. The number of rotatable bonds is 6. The number of aromatic nitrogens is 1. The van der Waals surface area contributed by atoms with Gasteiger partial charge in [0.1, 0.15) is 11.9 Å². The Morgan fingerprint density at radius 2 is 1.95 bits per heavy atom. The number of benzene rings is 1. The fraction of sp³-hybridized carbons (Fsp3) is 0.312. The van der Waals surface area contributed by atoms with Gasteiger partial charge >= 0.3 is 0 Å². The maximum atomic E-state index is 6.04. The Morgan fingerprint density at radius 3 is 2.60 bits per heavy atom. The summed E-state index contributed by atoms with van der Waals surface area (Å²) >= 11 is 0. The van der Waals surface area contributed by atoms with Crippen molar-refractivity contribution in [2.24, 2.45) is 5.73 Å². The van der Waals surface area contributed by atoms with E-state index in [4.69, 9.17) is 15.2 Å². The summed E-state index contributed by atoms with van der Waals surface area (Å²) in [5.74, 6) is 0.790. The van der Waals surface area contributed by atoms with E-state index in [0.717, 1.165) is 16.9 Å². The van der Waals surface area contributed by atoms with E-state index in [1.165, 1.54) is 0 Å². The van der Waals surface area contributed by atoms with Crippen LogP contribution in [0.25, 0.3) is 0 Å². The lowest BCUT2D eigenvalue weighted by Crippen LogP contribution is -2.29. The van der Waals surface area contributed by atoms with Crippen molar-refractivity contribution >= 4 is 0 Å². The van der Waals surface area contributed by atoms with Gasteiger partial charge < -0.3 is 15.2 Å². The first kappa shape index (κ1) is 14.5. The van der Waals surface area contributed by atoms with Crippen LogP contribution in [0.4, 0.5) is 0 Å². The highest BCUT2D eigenvalue weighted by molar-refractivity contribution is 5.29. The van der Waals surface area contributed by atoms with Crippen molar-refractivity contribution in [2.75, 3.05) is 7.11 Å². The van der Waals surface area contributed by atoms with E-state index < -0.39 is 0 Å². The number of ether oxygens (including phenoxy) is 2. The molecule has 0 spiro atoms. The molecule has 0 bridgehead atoms. The van der Waals surface area contributed by atoms with Gasteiger partial charge in [-0.05, 0) is 42.3 Å². The summed E-state index contributed by atoms with van der Waals surface area (Å²) in [5, 5.41) is 0. The van der Waals surface area contributed by atoms with Crippen LogP contribution in [0.1, 0.15) is 24.2 Å². The predicted molar refractivity (Wildman–Crippen MR) is 78.4 cm³/mol. The first-order valence-electron chi connectivity index (χ1n) is 6.60. The van der Waals surface area contributed by atoms with E-state index >= 15 is 0 Å². The minimum absolute atomic E-state index is 0.122. The monoisotopic (exact) mass is 272 g/mol. The first-order valence-corrected chi connectivity index (χ1v) is 6.60. The van der Waals surface area contributed by atoms with Gasteiger partial charge in [-0.15, -0.1) is 0 Å². The van der Waals surface area contributed by atoms with Crippen molar-refractivity contribution in [3.05, 3.63) is 59.9 Å². The second kappa shape index (κ2) is 7.03. The Labute approximate surface area is 119 Å². The highest BCUT2D eigenvalue weighted by atomic mass is 16.5. The van der Waals surface area contributed by atoms with Crippen molar-refractivity contribution < 1.29 is 9.47 Å². The van der Waals surface area contributed by atoms with Crippen molar-refractivity contribution in [3.8, 4) is 5.75 Å². The van der Waals surface area contributed by atoms with Crippen LogP contribution in [-0.4, -0.2) is 18.1 Å². The Balaban J connectivity index is 2.18. The molecule has 20 heavy (non-hydrogen) atoms. The third-order valence-electron chi connectivity index (χ3n) is 2.98. The first-order chi connectivity index (χ1) is 9.70. The molecule has 4 heteroatoms. The number of hydrogen-bond acceptors (Lipinski definition) is 4. The fourth-order valence-corrected chi connectivity index (χ4v) is 2.05. The van der Waals surface area contributed by atoms with Crippen LogP contribution >= 0.6 is 0 Å². The molecule has 0 saturated heterocycles. The van der Waals surface area contributed by atoms with Gasteiger partial charge in [0.2, 0.25) is 0 Å². The number of hydrogen-bond donors (Lipinski definition) is 1. The van der Waals surface area contributed by atoms with Gasteiger partial charge in [-0.1, -0.05) is 12.1 Å². The van der Waals surface area contributed by atoms with Gasteiger partial charge in [0.05, 0.1) is 6.61 Å². The minimum Gasteiger partial charge on any atom is -0.484 e. The zero-order chi connectivity index (χ0) is 14.4. The van der Waals surface area contributed by atoms with Gasteiger partial charge in [-0.2, -0.15) is 0 Å². The molecule has 2 atom stereocenters. The third kappa shape index (κ3) is 3.79. The normalized spacial score (nSPS) is 13.8. The van der Waals surface area contributed by atoms with Crippen molar-refractivity contribution in [1.29, 1.82) is 0 Å². The molecule has 0 amide bonds. The van der Waals surface area contributed by atoms with Gasteiger partial charge in [0, 0.05) is 25.5 Å². The molecule has 0 aliphatic heterocycles. The molecule has 0 aliphatic rings. The number of nitrogens with two attached hydrogens (primary N) is 1. The third-order valence-corrected chi connectivity index (χ3v) is 2.98. The van der Waals surface area contributed by atoms with Gasteiger partial charge in [-0.3, -0.25) is 4.98 Å². The Bertz CT molecular complexity index is 529. The summed E-state index contributed by atoms with van der Waals surface area (Å²) in [5.41, 5.74) is 8.14. The zero-order valence-electron chi connectivity index (χ0n) is 11.8. The van der Waals surface area contributed by atoms with E-state index in [2.05, 4.69) is 4.98 Å². The van der Waals surface area contributed by atoms with Crippen molar-refractivity contribution in [3.63, 3.8) is 0 Å². The Morgan fingerprint density at radius 1 is 1.20 bits per heavy atom. The summed E-state index contributed by atoms with van der Waals surface area (Å²) in [4.78, 5) is 4.02. The van der Waals surface area contributed by atoms with E-state index in [9.17, 15) is 0 Å². The number of nitrogens with zero attached hydrogens (tertiary/aromatic N) is 1. The highest BCUT2D eigenvalue weighted by Crippen LogP contribution is 2.24. The van der Waals surface area contributed by atoms with Crippen molar-refractivity contribution in [2.45, 2.75) is 25.7 Å². The molecule has 2 aromatic rings. The molecule has 0 fully saturated rings. The molecular formula is C16H20N2O2. The lowest BCUT2D eigenvalue weighted by atomic mass is 10.1. The van der Waals surface area contributed by atoms with E-state index in [-0.39, 0.29) is 12.1 Å². The quantitative estimate of drug-likeness (QED) is 0.878. The summed E-state index contributed by atoms with van der Waals surface area (Å²) in [6.07, 6.45) is 3.29. The fourth-order valence-electron chi connectivity index (χ4n) is 2.05. The van der Waals surface area contributed by atoms with E-state index in [1.807, 2.05) is 43.3 Å². The SMILES string of the molecule is COCc1cccc(OC(c2ccncc2)C(C)N)c1. The second-order valence-electron chi connectivity index (χ2n) is 4.76. The average Bonchev–Trinajstić information content (AvgIpc) is 2.46. The standard InChI is InChI=1S/C16H20N2O2/c1-12(17)16(14-6-8-18-9-7-14)20-15-5-3-4-13(10-15)11-19-2/h3-10,12,16H,11,17H2,1-2H3. The number of methoxy groups -OCH3 is 1. The van der Waals surface area contributed by atoms with Gasteiger partial charge in [0.25, 0.3) is 0 Å². The summed E-state index contributed by atoms with van der Waals surface area (Å²) < 4.78 is 11.2. The molecule has 106 valence electrons. The predicted octanol–water partition coefficient (Wildman–Crippen LogP) is 2.70. The maximum absolute atomic E-state index is 6.04. The molecule has 2 rings (SSSR count). The van der Waals surface area contributed by atoms with Crippen LogP contribution in [0.2, 0.25) is 0 Å². The Kier molecular flexibility index (Phi) is 5.09. The van der Waals surface area contributed by atoms with Crippen molar-refractivity contribution in [1.82, 2.24) is 4.98 Å². The second-order valence-corrected chi connectivity index (χ2v) is 4.76. The maximum Gasteiger partial charge on any atom is 0.139 e. The van der Waals surface area contributed by atoms with E-state index in [1.54, 1.807) is 19.5 Å². The Hall–Kier alpha value is -1.91. The minimum atomic E-state index is -0.198. The van der Waals surface area contributed by atoms with Gasteiger partial charge in [0.15, 0.2) is 0 Å². The molecule has 4 nitrogen and oxygen atoms in total. The number of pyridine rings is 1. The lowest BCUT2D eigenvalue weighted by molar-refractivity contribution is 0.175. The zero-order valence-corrected chi connectivity index (χ0v) is 11.8.